The first kappa shape index (κ1) is 23.9. The van der Waals surface area contributed by atoms with E-state index in [0.717, 1.165) is 17.8 Å². The molecule has 3 unspecified atom stereocenters. The molecule has 0 radical (unpaired) electrons. The zero-order valence-electron chi connectivity index (χ0n) is 16.3. The van der Waals surface area contributed by atoms with Gasteiger partial charge in [0.2, 0.25) is 0 Å². The third-order valence-corrected chi connectivity index (χ3v) is 5.68. The molecular formula is C19H26ClFN4O2P2. The molecule has 2 rings (SSSR count). The molecule has 1 aromatic heterocycles. The first-order valence-electron chi connectivity index (χ1n) is 9.04. The van der Waals surface area contributed by atoms with Gasteiger partial charge in [-0.05, 0) is 43.3 Å². The van der Waals surface area contributed by atoms with Crippen LogP contribution in [0.4, 0.5) is 10.2 Å². The lowest BCUT2D eigenvalue weighted by Crippen LogP contribution is -2.09. The number of nitrogens with zero attached hydrogens (tertiary/aromatic N) is 2. The molecule has 1 heterocycles. The van der Waals surface area contributed by atoms with Crippen molar-refractivity contribution >= 4 is 41.2 Å². The summed E-state index contributed by atoms with van der Waals surface area (Å²) in [5.74, 6) is 0.405. The Kier molecular flexibility index (Phi) is 10.2. The van der Waals surface area contributed by atoms with Gasteiger partial charge in [0, 0.05) is 26.0 Å². The Balaban J connectivity index is 1.63. The number of halogens is 2. The van der Waals surface area contributed by atoms with Crippen LogP contribution >= 0.6 is 29.6 Å². The van der Waals surface area contributed by atoms with Gasteiger partial charge < -0.3 is 24.6 Å². The monoisotopic (exact) mass is 458 g/mol. The summed E-state index contributed by atoms with van der Waals surface area (Å²) in [6, 6.07) is 4.56. The highest BCUT2D eigenvalue weighted by atomic mass is 35.5. The van der Waals surface area contributed by atoms with Crippen LogP contribution in [0.5, 0.6) is 0 Å². The third kappa shape index (κ3) is 7.76. The fourth-order valence-electron chi connectivity index (χ4n) is 2.61. The number of anilines is 1. The van der Waals surface area contributed by atoms with Crippen molar-refractivity contribution in [1.29, 1.82) is 5.41 Å². The van der Waals surface area contributed by atoms with Gasteiger partial charge in [0.25, 0.3) is 0 Å². The molecule has 158 valence electrons. The van der Waals surface area contributed by atoms with E-state index < -0.39 is 0 Å². The summed E-state index contributed by atoms with van der Waals surface area (Å²) in [6.45, 7) is 7.02. The van der Waals surface area contributed by atoms with Gasteiger partial charge in [-0.1, -0.05) is 18.2 Å². The molecule has 0 bridgehead atoms. The number of nitrogens with one attached hydrogen (secondary N) is 2. The second-order valence-electron chi connectivity index (χ2n) is 6.25. The Bertz CT molecular complexity index is 814. The van der Waals surface area contributed by atoms with Gasteiger partial charge >= 0.3 is 0 Å². The molecule has 2 N–H and O–H groups in total. The predicted octanol–water partition coefficient (Wildman–Crippen LogP) is 5.21. The minimum absolute atomic E-state index is 0.0810. The van der Waals surface area contributed by atoms with Crippen molar-refractivity contribution in [3.63, 3.8) is 0 Å². The number of imidazole rings is 1. The topological polar surface area (TPSA) is 72.2 Å². The normalized spacial score (nSPS) is 12.4. The van der Waals surface area contributed by atoms with E-state index in [2.05, 4.69) is 26.1 Å². The molecule has 0 saturated carbocycles. The van der Waals surface area contributed by atoms with Gasteiger partial charge in [0.15, 0.2) is 0 Å². The lowest BCUT2D eigenvalue weighted by molar-refractivity contribution is 0.164. The van der Waals surface area contributed by atoms with E-state index in [1.807, 2.05) is 4.57 Å². The number of ether oxygens (including phenoxy) is 1. The molecule has 0 aliphatic carbocycles. The Morgan fingerprint density at radius 1 is 1.48 bits per heavy atom. The Morgan fingerprint density at radius 2 is 2.28 bits per heavy atom. The standard InChI is InChI=1S/C19H26ClFN4O2P2/c1-3-23-19-18(13(2)22)24-11-25(19)5-7-26-12-29-27-6-4-17(28)14-8-15(20)10-16(21)9-14/h3,8-11,17,22-23,29H,1,4-7,12,28H2,2H3. The van der Waals surface area contributed by atoms with Crippen LogP contribution in [0.3, 0.4) is 0 Å². The molecule has 0 fully saturated rings. The van der Waals surface area contributed by atoms with Crippen LogP contribution in [0.1, 0.15) is 30.3 Å². The van der Waals surface area contributed by atoms with Crippen molar-refractivity contribution in [2.24, 2.45) is 0 Å². The van der Waals surface area contributed by atoms with Gasteiger partial charge in [-0.15, -0.1) is 9.24 Å². The van der Waals surface area contributed by atoms with E-state index >= 15 is 0 Å². The fraction of sp³-hybridized carbons (Fsp3) is 0.368. The lowest BCUT2D eigenvalue weighted by Gasteiger charge is -2.13. The number of benzene rings is 1. The van der Waals surface area contributed by atoms with Gasteiger partial charge in [0.1, 0.15) is 17.3 Å². The molecular weight excluding hydrogens is 433 g/mol. The number of hydrogen-bond donors (Lipinski definition) is 2. The Hall–Kier alpha value is -1.36. The van der Waals surface area contributed by atoms with E-state index in [1.165, 1.54) is 12.1 Å². The Morgan fingerprint density at radius 3 is 2.97 bits per heavy atom. The maximum absolute atomic E-state index is 13.4. The molecule has 29 heavy (non-hydrogen) atoms. The van der Waals surface area contributed by atoms with E-state index in [-0.39, 0.29) is 20.3 Å². The molecule has 0 aliphatic heterocycles. The highest BCUT2D eigenvalue weighted by Gasteiger charge is 2.11. The van der Waals surface area contributed by atoms with Gasteiger partial charge in [-0.25, -0.2) is 9.37 Å². The van der Waals surface area contributed by atoms with E-state index in [1.54, 1.807) is 25.5 Å². The second-order valence-corrected chi connectivity index (χ2v) is 8.36. The number of hydrogen-bond acceptors (Lipinski definition) is 5. The highest BCUT2D eigenvalue weighted by Crippen LogP contribution is 2.30. The quantitative estimate of drug-likeness (QED) is 0.245. The summed E-state index contributed by atoms with van der Waals surface area (Å²) >= 11 is 5.89. The third-order valence-electron chi connectivity index (χ3n) is 4.02. The molecule has 6 nitrogen and oxygen atoms in total. The molecule has 0 aliphatic rings. The van der Waals surface area contributed by atoms with Gasteiger partial charge in [-0.3, -0.25) is 0 Å². The van der Waals surface area contributed by atoms with Crippen molar-refractivity contribution < 1.29 is 13.7 Å². The molecule has 10 heteroatoms. The lowest BCUT2D eigenvalue weighted by atomic mass is 10.1. The molecule has 0 saturated heterocycles. The average molecular weight is 459 g/mol. The highest BCUT2D eigenvalue weighted by molar-refractivity contribution is 7.31. The minimum Gasteiger partial charge on any atom is -0.373 e. The van der Waals surface area contributed by atoms with Gasteiger partial charge in [0.05, 0.1) is 31.6 Å². The molecule has 0 amide bonds. The second kappa shape index (κ2) is 12.4. The van der Waals surface area contributed by atoms with E-state index in [9.17, 15) is 4.39 Å². The summed E-state index contributed by atoms with van der Waals surface area (Å²) in [6.07, 6.45) is 4.49. The summed E-state index contributed by atoms with van der Waals surface area (Å²) < 4.78 is 26.6. The fourth-order valence-corrected chi connectivity index (χ4v) is 3.74. The van der Waals surface area contributed by atoms with Crippen LogP contribution in [0.15, 0.2) is 37.3 Å². The van der Waals surface area contributed by atoms with Crippen molar-refractivity contribution in [2.75, 3.05) is 24.9 Å². The van der Waals surface area contributed by atoms with Crippen LogP contribution in [0.25, 0.3) is 0 Å². The first-order valence-corrected chi connectivity index (χ1v) is 11.2. The van der Waals surface area contributed by atoms with Crippen LogP contribution in [-0.4, -0.2) is 34.8 Å². The minimum atomic E-state index is -0.330. The number of rotatable bonds is 13. The molecule has 1 aromatic carbocycles. The van der Waals surface area contributed by atoms with E-state index in [0.29, 0.717) is 42.5 Å². The van der Waals surface area contributed by atoms with E-state index in [4.69, 9.17) is 26.3 Å². The van der Waals surface area contributed by atoms with Gasteiger partial charge in [-0.2, -0.15) is 0 Å². The Labute approximate surface area is 179 Å². The van der Waals surface area contributed by atoms with Crippen molar-refractivity contribution in [3.8, 4) is 0 Å². The van der Waals surface area contributed by atoms with Crippen LogP contribution in [0, 0.1) is 11.2 Å². The predicted molar refractivity (Wildman–Crippen MR) is 122 cm³/mol. The van der Waals surface area contributed by atoms with Crippen LogP contribution < -0.4 is 5.32 Å². The zero-order valence-corrected chi connectivity index (χ0v) is 19.2. The van der Waals surface area contributed by atoms with Crippen molar-refractivity contribution in [2.45, 2.75) is 25.5 Å². The molecule has 3 atom stereocenters. The number of aromatic nitrogens is 2. The summed E-state index contributed by atoms with van der Waals surface area (Å²) in [7, 11) is 2.93. The maximum atomic E-state index is 13.4. The summed E-state index contributed by atoms with van der Waals surface area (Å²) in [5, 5.41) is 11.2. The molecule has 0 spiro atoms. The zero-order chi connectivity index (χ0) is 21.2. The first-order chi connectivity index (χ1) is 13.9. The largest absolute Gasteiger partial charge is 0.373 e. The van der Waals surface area contributed by atoms with Crippen LogP contribution in [0.2, 0.25) is 5.02 Å². The van der Waals surface area contributed by atoms with Crippen molar-refractivity contribution in [1.82, 2.24) is 9.55 Å². The maximum Gasteiger partial charge on any atom is 0.139 e. The van der Waals surface area contributed by atoms with Crippen molar-refractivity contribution in [3.05, 3.63) is 59.4 Å². The van der Waals surface area contributed by atoms with Crippen LogP contribution in [-0.2, 0) is 15.8 Å². The SMILES string of the molecule is C=CNc1c(C(C)=N)ncn1CCOCPOCCC(P)c1cc(F)cc(Cl)c1. The summed E-state index contributed by atoms with van der Waals surface area (Å²) in [4.78, 5) is 4.24. The summed E-state index contributed by atoms with van der Waals surface area (Å²) in [5.41, 5.74) is 1.91. The smallest absolute Gasteiger partial charge is 0.139 e. The molecule has 2 aromatic rings. The average Bonchev–Trinajstić information content (AvgIpc) is 3.06.